The molecule has 0 amide bonds. The predicted octanol–water partition coefficient (Wildman–Crippen LogP) is 2.54. The first-order valence-electron chi connectivity index (χ1n) is 9.04. The van der Waals surface area contributed by atoms with E-state index in [-0.39, 0.29) is 0 Å². The number of nitrogens with one attached hydrogen (secondary N) is 2. The van der Waals surface area contributed by atoms with E-state index in [9.17, 15) is 0 Å². The Bertz CT molecular complexity index is 534. The molecule has 0 spiro atoms. The van der Waals surface area contributed by atoms with Gasteiger partial charge in [-0.15, -0.1) is 0 Å². The smallest absolute Gasteiger partial charge is 0.191 e. The maximum Gasteiger partial charge on any atom is 0.191 e. The zero-order chi connectivity index (χ0) is 16.1. The lowest BCUT2D eigenvalue weighted by atomic mass is 9.99. The molecule has 4 heteroatoms. The van der Waals surface area contributed by atoms with Crippen LogP contribution in [0.2, 0.25) is 0 Å². The molecule has 2 aliphatic rings. The third-order valence-corrected chi connectivity index (χ3v) is 5.27. The van der Waals surface area contributed by atoms with Crippen LogP contribution in [0.5, 0.6) is 0 Å². The van der Waals surface area contributed by atoms with Crippen molar-refractivity contribution in [2.75, 3.05) is 20.1 Å². The van der Waals surface area contributed by atoms with Gasteiger partial charge < -0.3 is 10.6 Å². The van der Waals surface area contributed by atoms with Crippen LogP contribution in [0.3, 0.4) is 0 Å². The van der Waals surface area contributed by atoms with Gasteiger partial charge in [-0.05, 0) is 37.3 Å². The SMILES string of the molecule is CN=C(NCC(C)N1CCc2ccccc2C1)NC1CCCC1. The van der Waals surface area contributed by atoms with Crippen molar-refractivity contribution in [1.82, 2.24) is 15.5 Å². The number of nitrogens with zero attached hydrogens (tertiary/aromatic N) is 2. The van der Waals surface area contributed by atoms with Gasteiger partial charge in [-0.3, -0.25) is 9.89 Å². The Hall–Kier alpha value is -1.55. The Morgan fingerprint density at radius 1 is 1.26 bits per heavy atom. The lowest BCUT2D eigenvalue weighted by molar-refractivity contribution is 0.191. The first-order valence-corrected chi connectivity index (χ1v) is 9.04. The average molecular weight is 314 g/mol. The topological polar surface area (TPSA) is 39.7 Å². The largest absolute Gasteiger partial charge is 0.355 e. The van der Waals surface area contributed by atoms with E-state index in [0.717, 1.165) is 32.0 Å². The Kier molecular flexibility index (Phi) is 5.55. The Morgan fingerprint density at radius 3 is 2.74 bits per heavy atom. The molecular formula is C19H30N4. The molecular weight excluding hydrogens is 284 g/mol. The summed E-state index contributed by atoms with van der Waals surface area (Å²) in [5, 5.41) is 7.07. The van der Waals surface area contributed by atoms with Crippen molar-refractivity contribution in [1.29, 1.82) is 0 Å². The van der Waals surface area contributed by atoms with Gasteiger partial charge in [0, 0.05) is 38.8 Å². The van der Waals surface area contributed by atoms with Crippen LogP contribution in [0.4, 0.5) is 0 Å². The second-order valence-electron chi connectivity index (χ2n) is 6.92. The van der Waals surface area contributed by atoms with Crippen LogP contribution in [0, 0.1) is 0 Å². The monoisotopic (exact) mass is 314 g/mol. The summed E-state index contributed by atoms with van der Waals surface area (Å²) in [7, 11) is 1.87. The maximum atomic E-state index is 4.38. The van der Waals surface area contributed by atoms with E-state index >= 15 is 0 Å². The molecule has 23 heavy (non-hydrogen) atoms. The molecule has 1 aliphatic heterocycles. The van der Waals surface area contributed by atoms with Gasteiger partial charge in [0.15, 0.2) is 5.96 Å². The van der Waals surface area contributed by atoms with Gasteiger partial charge in [0.1, 0.15) is 0 Å². The highest BCUT2D eigenvalue weighted by molar-refractivity contribution is 5.80. The van der Waals surface area contributed by atoms with Crippen LogP contribution >= 0.6 is 0 Å². The van der Waals surface area contributed by atoms with E-state index < -0.39 is 0 Å². The van der Waals surface area contributed by atoms with E-state index in [0.29, 0.717) is 12.1 Å². The number of guanidine groups is 1. The van der Waals surface area contributed by atoms with Gasteiger partial charge in [-0.2, -0.15) is 0 Å². The highest BCUT2D eigenvalue weighted by Crippen LogP contribution is 2.20. The molecule has 0 saturated heterocycles. The Labute approximate surface area is 140 Å². The molecule has 2 N–H and O–H groups in total. The fourth-order valence-corrected chi connectivity index (χ4v) is 3.73. The quantitative estimate of drug-likeness (QED) is 0.663. The average Bonchev–Trinajstić information content (AvgIpc) is 3.11. The summed E-state index contributed by atoms with van der Waals surface area (Å²) in [6.07, 6.45) is 6.41. The molecule has 1 aliphatic carbocycles. The van der Waals surface area contributed by atoms with Gasteiger partial charge in [0.05, 0.1) is 0 Å². The zero-order valence-corrected chi connectivity index (χ0v) is 14.5. The molecule has 1 atom stereocenters. The maximum absolute atomic E-state index is 4.38. The Morgan fingerprint density at radius 2 is 2.00 bits per heavy atom. The van der Waals surface area contributed by atoms with Crippen molar-refractivity contribution >= 4 is 5.96 Å². The van der Waals surface area contributed by atoms with Gasteiger partial charge >= 0.3 is 0 Å². The fraction of sp³-hybridized carbons (Fsp3) is 0.632. The minimum atomic E-state index is 0.505. The van der Waals surface area contributed by atoms with Crippen molar-refractivity contribution in [2.24, 2.45) is 4.99 Å². The predicted molar refractivity (Wildman–Crippen MR) is 96.8 cm³/mol. The van der Waals surface area contributed by atoms with Crippen LogP contribution < -0.4 is 10.6 Å². The molecule has 126 valence electrons. The number of rotatable bonds is 4. The minimum absolute atomic E-state index is 0.505. The van der Waals surface area contributed by atoms with Gasteiger partial charge in [0.25, 0.3) is 0 Å². The van der Waals surface area contributed by atoms with E-state index in [1.165, 1.54) is 36.8 Å². The summed E-state index contributed by atoms with van der Waals surface area (Å²) in [4.78, 5) is 6.95. The number of hydrogen-bond acceptors (Lipinski definition) is 2. The first-order chi connectivity index (χ1) is 11.3. The molecule has 3 rings (SSSR count). The van der Waals surface area contributed by atoms with Crippen LogP contribution in [-0.4, -0.2) is 43.1 Å². The molecule has 4 nitrogen and oxygen atoms in total. The molecule has 1 fully saturated rings. The summed E-state index contributed by atoms with van der Waals surface area (Å²) >= 11 is 0. The summed E-state index contributed by atoms with van der Waals surface area (Å²) in [5.74, 6) is 0.959. The van der Waals surface area contributed by atoms with Crippen molar-refractivity contribution in [3.8, 4) is 0 Å². The molecule has 1 heterocycles. The van der Waals surface area contributed by atoms with Crippen molar-refractivity contribution in [3.05, 3.63) is 35.4 Å². The number of aliphatic imine (C=N–C) groups is 1. The third kappa shape index (κ3) is 4.25. The van der Waals surface area contributed by atoms with Crippen molar-refractivity contribution < 1.29 is 0 Å². The second kappa shape index (κ2) is 7.82. The number of benzene rings is 1. The molecule has 1 unspecified atom stereocenters. The molecule has 0 radical (unpaired) electrons. The van der Waals surface area contributed by atoms with Gasteiger partial charge in [-0.25, -0.2) is 0 Å². The molecule has 0 bridgehead atoms. The zero-order valence-electron chi connectivity index (χ0n) is 14.5. The second-order valence-corrected chi connectivity index (χ2v) is 6.92. The summed E-state index contributed by atoms with van der Waals surface area (Å²) < 4.78 is 0. The lowest BCUT2D eigenvalue weighted by Crippen LogP contribution is -2.48. The lowest BCUT2D eigenvalue weighted by Gasteiger charge is -2.34. The molecule has 1 aromatic rings. The van der Waals surface area contributed by atoms with Crippen LogP contribution in [-0.2, 0) is 13.0 Å². The summed E-state index contributed by atoms with van der Waals surface area (Å²) in [6, 6.07) is 9.95. The summed E-state index contributed by atoms with van der Waals surface area (Å²) in [6.45, 7) is 5.46. The third-order valence-electron chi connectivity index (χ3n) is 5.27. The van der Waals surface area contributed by atoms with Crippen LogP contribution in [0.25, 0.3) is 0 Å². The van der Waals surface area contributed by atoms with E-state index in [4.69, 9.17) is 0 Å². The van der Waals surface area contributed by atoms with Crippen LogP contribution in [0.15, 0.2) is 29.3 Å². The first kappa shape index (κ1) is 16.3. The fourth-order valence-electron chi connectivity index (χ4n) is 3.73. The standard InChI is InChI=1S/C19H30N4/c1-15(13-21-19(20-2)22-18-9-5-6-10-18)23-12-11-16-7-3-4-8-17(16)14-23/h3-4,7-8,15,18H,5-6,9-14H2,1-2H3,(H2,20,21,22). The van der Waals surface area contributed by atoms with E-state index in [1.807, 2.05) is 7.05 Å². The van der Waals surface area contributed by atoms with E-state index in [1.54, 1.807) is 0 Å². The number of hydrogen-bond donors (Lipinski definition) is 2. The number of fused-ring (bicyclic) bond motifs is 1. The summed E-state index contributed by atoms with van der Waals surface area (Å²) in [5.41, 5.74) is 3.00. The molecule has 1 saturated carbocycles. The highest BCUT2D eigenvalue weighted by Gasteiger charge is 2.21. The minimum Gasteiger partial charge on any atom is -0.355 e. The van der Waals surface area contributed by atoms with E-state index in [2.05, 4.69) is 51.7 Å². The van der Waals surface area contributed by atoms with Gasteiger partial charge in [-0.1, -0.05) is 37.1 Å². The Balaban J connectivity index is 1.48. The molecule has 0 aromatic heterocycles. The normalized spacial score (nSPS) is 21.0. The molecule has 1 aromatic carbocycles. The highest BCUT2D eigenvalue weighted by atomic mass is 15.2. The van der Waals surface area contributed by atoms with Crippen molar-refractivity contribution in [3.63, 3.8) is 0 Å². The van der Waals surface area contributed by atoms with Gasteiger partial charge in [0.2, 0.25) is 0 Å². The van der Waals surface area contributed by atoms with Crippen molar-refractivity contribution in [2.45, 2.75) is 57.7 Å². The van der Waals surface area contributed by atoms with Crippen LogP contribution in [0.1, 0.15) is 43.7 Å².